The molecule has 3 nitrogen and oxygen atoms in total. The summed E-state index contributed by atoms with van der Waals surface area (Å²) >= 11 is 6.26. The van der Waals surface area contributed by atoms with Gasteiger partial charge in [-0.05, 0) is 6.92 Å². The van der Waals surface area contributed by atoms with Gasteiger partial charge < -0.3 is 5.41 Å². The molecule has 0 amide bonds. The highest BCUT2D eigenvalue weighted by molar-refractivity contribution is 8.23. The van der Waals surface area contributed by atoms with Gasteiger partial charge in [-0.2, -0.15) is 10.5 Å². The van der Waals surface area contributed by atoms with Gasteiger partial charge in [0.05, 0.1) is 16.3 Å². The van der Waals surface area contributed by atoms with Crippen LogP contribution in [-0.4, -0.2) is 15.7 Å². The highest BCUT2D eigenvalue weighted by atomic mass is 32.2. The molecule has 5 heteroatoms. The Bertz CT molecular complexity index is 285. The smallest absolute Gasteiger partial charge is 0.124 e. The Hall–Kier alpha value is -0.910. The lowest BCUT2D eigenvalue weighted by molar-refractivity contribution is 1.20. The van der Waals surface area contributed by atoms with E-state index in [0.29, 0.717) is 16.4 Å². The number of hydrogen-bond donors (Lipinski definition) is 1. The van der Waals surface area contributed by atoms with Gasteiger partial charge in [0.25, 0.3) is 0 Å². The predicted octanol–water partition coefficient (Wildman–Crippen LogP) is 2.14. The third-order valence-electron chi connectivity index (χ3n) is 1.26. The van der Waals surface area contributed by atoms with Crippen LogP contribution < -0.4 is 0 Å². The van der Waals surface area contributed by atoms with Crippen molar-refractivity contribution in [3.05, 3.63) is 0 Å². The lowest BCUT2D eigenvalue weighted by atomic mass is 10.1. The average molecular weight is 211 g/mol. The molecular formula is C8H9N3S2. The van der Waals surface area contributed by atoms with Crippen LogP contribution >= 0.6 is 24.0 Å². The molecule has 0 spiro atoms. The SMILES string of the molecule is CC(=N)[C@@H](C#N)C(=S)SCCC#N. The first-order chi connectivity index (χ1) is 6.13. The number of hydrogen-bond acceptors (Lipinski definition) is 5. The number of thiocarbonyl (C=S) groups is 1. The zero-order chi connectivity index (χ0) is 10.3. The first kappa shape index (κ1) is 12.1. The van der Waals surface area contributed by atoms with Gasteiger partial charge in [-0.15, -0.1) is 11.8 Å². The second-order valence-corrected chi connectivity index (χ2v) is 4.16. The summed E-state index contributed by atoms with van der Waals surface area (Å²) in [7, 11) is 0. The Morgan fingerprint density at radius 3 is 2.62 bits per heavy atom. The van der Waals surface area contributed by atoms with E-state index in [-0.39, 0.29) is 5.71 Å². The minimum absolute atomic E-state index is 0.261. The Morgan fingerprint density at radius 1 is 1.62 bits per heavy atom. The molecule has 0 fully saturated rings. The Kier molecular flexibility index (Phi) is 6.13. The monoisotopic (exact) mass is 211 g/mol. The van der Waals surface area contributed by atoms with Gasteiger partial charge in [0.15, 0.2) is 0 Å². The van der Waals surface area contributed by atoms with E-state index in [4.69, 9.17) is 28.2 Å². The van der Waals surface area contributed by atoms with Gasteiger partial charge in [-0.1, -0.05) is 12.2 Å². The fourth-order valence-electron chi connectivity index (χ4n) is 0.607. The molecule has 0 saturated carbocycles. The fraction of sp³-hybridized carbons (Fsp3) is 0.500. The lowest BCUT2D eigenvalue weighted by Gasteiger charge is -2.06. The second-order valence-electron chi connectivity index (χ2n) is 2.32. The minimum Gasteiger partial charge on any atom is -0.308 e. The van der Waals surface area contributed by atoms with Gasteiger partial charge in [-0.3, -0.25) is 0 Å². The number of thioether (sulfide) groups is 1. The van der Waals surface area contributed by atoms with Crippen LogP contribution in [0.15, 0.2) is 0 Å². The van der Waals surface area contributed by atoms with Crippen LogP contribution in [-0.2, 0) is 0 Å². The molecule has 0 aliphatic heterocycles. The van der Waals surface area contributed by atoms with E-state index in [1.165, 1.54) is 11.8 Å². The van der Waals surface area contributed by atoms with Crippen LogP contribution in [0.1, 0.15) is 13.3 Å². The van der Waals surface area contributed by atoms with Crippen molar-refractivity contribution in [1.82, 2.24) is 0 Å². The van der Waals surface area contributed by atoms with E-state index in [0.717, 1.165) is 0 Å². The van der Waals surface area contributed by atoms with Crippen molar-refractivity contribution in [2.24, 2.45) is 5.92 Å². The Morgan fingerprint density at radius 2 is 2.23 bits per heavy atom. The predicted molar refractivity (Wildman–Crippen MR) is 57.8 cm³/mol. The van der Waals surface area contributed by atoms with Gasteiger partial charge in [-0.25, -0.2) is 0 Å². The van der Waals surface area contributed by atoms with Crippen molar-refractivity contribution in [2.45, 2.75) is 13.3 Å². The van der Waals surface area contributed by atoms with E-state index in [1.54, 1.807) is 6.92 Å². The maximum absolute atomic E-state index is 8.67. The molecule has 1 atom stereocenters. The maximum Gasteiger partial charge on any atom is 0.124 e. The van der Waals surface area contributed by atoms with Crippen molar-refractivity contribution in [2.75, 3.05) is 5.75 Å². The highest BCUT2D eigenvalue weighted by Gasteiger charge is 2.15. The van der Waals surface area contributed by atoms with Crippen LogP contribution in [0.5, 0.6) is 0 Å². The molecule has 0 aliphatic rings. The molecule has 0 unspecified atom stereocenters. The van der Waals surface area contributed by atoms with Crippen molar-refractivity contribution >= 4 is 33.9 Å². The molecule has 0 aromatic rings. The summed E-state index contributed by atoms with van der Waals surface area (Å²) in [6.07, 6.45) is 0.417. The summed E-state index contributed by atoms with van der Waals surface area (Å²) in [6.45, 7) is 1.56. The van der Waals surface area contributed by atoms with Crippen molar-refractivity contribution in [3.8, 4) is 12.1 Å². The molecule has 0 aromatic carbocycles. The van der Waals surface area contributed by atoms with Gasteiger partial charge in [0, 0.05) is 17.9 Å². The number of nitrogens with one attached hydrogen (secondary N) is 1. The molecular weight excluding hydrogens is 202 g/mol. The molecule has 0 heterocycles. The summed E-state index contributed by atoms with van der Waals surface area (Å²) in [5.74, 6) is 0.0135. The molecule has 0 rings (SSSR count). The maximum atomic E-state index is 8.67. The number of rotatable bonds is 4. The normalized spacial score (nSPS) is 11.0. The topological polar surface area (TPSA) is 71.4 Å². The van der Waals surface area contributed by atoms with E-state index in [9.17, 15) is 0 Å². The van der Waals surface area contributed by atoms with Crippen molar-refractivity contribution in [3.63, 3.8) is 0 Å². The summed E-state index contributed by atoms with van der Waals surface area (Å²) in [6, 6.07) is 3.95. The first-order valence-corrected chi connectivity index (χ1v) is 5.01. The van der Waals surface area contributed by atoms with Gasteiger partial charge in [0.2, 0.25) is 0 Å². The third kappa shape index (κ3) is 4.62. The van der Waals surface area contributed by atoms with Crippen LogP contribution in [0.25, 0.3) is 0 Å². The van der Waals surface area contributed by atoms with Crippen LogP contribution in [0.2, 0.25) is 0 Å². The quantitative estimate of drug-likeness (QED) is 0.439. The third-order valence-corrected chi connectivity index (χ3v) is 2.77. The summed E-state index contributed by atoms with van der Waals surface area (Å²) in [5.41, 5.74) is 0.261. The molecule has 0 bridgehead atoms. The largest absolute Gasteiger partial charge is 0.308 e. The molecule has 1 N–H and O–H groups in total. The average Bonchev–Trinajstić information content (AvgIpc) is 2.05. The second kappa shape index (κ2) is 6.59. The Labute approximate surface area is 87.2 Å². The molecule has 0 radical (unpaired) electrons. The zero-order valence-corrected chi connectivity index (χ0v) is 8.84. The fourth-order valence-corrected chi connectivity index (χ4v) is 1.88. The van der Waals surface area contributed by atoms with Crippen molar-refractivity contribution < 1.29 is 0 Å². The van der Waals surface area contributed by atoms with Crippen LogP contribution in [0, 0.1) is 34.0 Å². The number of nitriles is 2. The number of nitrogens with zero attached hydrogens (tertiary/aromatic N) is 2. The zero-order valence-electron chi connectivity index (χ0n) is 7.20. The van der Waals surface area contributed by atoms with E-state index < -0.39 is 5.92 Å². The summed E-state index contributed by atoms with van der Waals surface area (Å²) in [4.78, 5) is 0. The van der Waals surface area contributed by atoms with Crippen molar-refractivity contribution in [1.29, 1.82) is 15.9 Å². The standard InChI is InChI=1S/C8H9N3S2/c1-6(11)7(5-10)8(12)13-4-2-3-9/h7,11H,2,4H2,1H3/t7-/m1/s1. The first-order valence-electron chi connectivity index (χ1n) is 3.61. The Balaban J connectivity index is 4.04. The van der Waals surface area contributed by atoms with E-state index in [2.05, 4.69) is 0 Å². The summed E-state index contributed by atoms with van der Waals surface area (Å²) in [5, 5.41) is 24.2. The molecule has 13 heavy (non-hydrogen) atoms. The summed E-state index contributed by atoms with van der Waals surface area (Å²) < 4.78 is 0.491. The molecule has 0 saturated heterocycles. The van der Waals surface area contributed by atoms with E-state index >= 15 is 0 Å². The lowest BCUT2D eigenvalue weighted by Crippen LogP contribution is -2.15. The van der Waals surface area contributed by atoms with Crippen LogP contribution in [0.4, 0.5) is 0 Å². The minimum atomic E-state index is -0.585. The van der Waals surface area contributed by atoms with E-state index in [1.807, 2.05) is 12.1 Å². The van der Waals surface area contributed by atoms with Gasteiger partial charge in [0.1, 0.15) is 5.92 Å². The molecule has 68 valence electrons. The molecule has 0 aromatic heterocycles. The molecule has 0 aliphatic carbocycles. The highest BCUT2D eigenvalue weighted by Crippen LogP contribution is 2.15. The van der Waals surface area contributed by atoms with Crippen LogP contribution in [0.3, 0.4) is 0 Å². The van der Waals surface area contributed by atoms with Gasteiger partial charge >= 0.3 is 0 Å².